The van der Waals surface area contributed by atoms with Crippen LogP contribution < -0.4 is 20.4 Å². The second-order valence-electron chi connectivity index (χ2n) is 8.37. The van der Waals surface area contributed by atoms with Gasteiger partial charge in [-0.2, -0.15) is 0 Å². The second kappa shape index (κ2) is 7.07. The number of fused-ring (bicyclic) bond motifs is 1. The lowest BCUT2D eigenvalue weighted by Gasteiger charge is -2.42. The summed E-state index contributed by atoms with van der Waals surface area (Å²) in [6, 6.07) is 7.24. The van der Waals surface area contributed by atoms with Gasteiger partial charge in [-0.1, -0.05) is 12.1 Å². The van der Waals surface area contributed by atoms with Crippen LogP contribution in [0.3, 0.4) is 0 Å². The third kappa shape index (κ3) is 4.40. The lowest BCUT2D eigenvalue weighted by Crippen LogP contribution is -3.11. The van der Waals surface area contributed by atoms with Gasteiger partial charge in [0.15, 0.2) is 13.1 Å². The first-order chi connectivity index (χ1) is 11.9. The summed E-state index contributed by atoms with van der Waals surface area (Å²) in [5.74, 6) is -0.537. The molecule has 1 atom stereocenters. The molecule has 1 aromatic carbocycles. The molecule has 1 aliphatic rings. The lowest BCUT2D eigenvalue weighted by molar-refractivity contribution is -0.862. The fourth-order valence-corrected chi connectivity index (χ4v) is 3.03. The van der Waals surface area contributed by atoms with Crippen molar-refractivity contribution in [3.05, 3.63) is 24.3 Å². The molecule has 3 amide bonds. The fraction of sp³-hybridized carbons (Fsp3) is 0.526. The third-order valence-corrected chi connectivity index (χ3v) is 4.19. The van der Waals surface area contributed by atoms with Gasteiger partial charge >= 0.3 is 0 Å². The Morgan fingerprint density at radius 2 is 1.81 bits per heavy atom. The average Bonchev–Trinajstić information content (AvgIpc) is 2.45. The van der Waals surface area contributed by atoms with Crippen molar-refractivity contribution in [3.63, 3.8) is 0 Å². The van der Waals surface area contributed by atoms with E-state index >= 15 is 0 Å². The van der Waals surface area contributed by atoms with Crippen LogP contribution in [0.2, 0.25) is 0 Å². The highest BCUT2D eigenvalue weighted by Gasteiger charge is 2.44. The standard InChI is InChI=1S/C19H28N4O3/c1-18(2,3)21-15(24)11-22(6)12-16(25)23-14-10-8-7-9-13(14)20-17(26)19(23,4)5/h7-10H,11-12H2,1-6H3,(H,20,26)(H,21,24)/p+1. The van der Waals surface area contributed by atoms with Crippen LogP contribution in [-0.4, -0.2) is 48.9 Å². The van der Waals surface area contributed by atoms with Crippen LogP contribution in [0.5, 0.6) is 0 Å². The number of benzene rings is 1. The second-order valence-corrected chi connectivity index (χ2v) is 8.37. The number of quaternary nitrogens is 1. The maximum absolute atomic E-state index is 13.0. The topological polar surface area (TPSA) is 82.9 Å². The van der Waals surface area contributed by atoms with Gasteiger partial charge in [-0.25, -0.2) is 0 Å². The molecule has 1 unspecified atom stereocenters. The number of likely N-dealkylation sites (N-methyl/N-ethyl adjacent to an activating group) is 1. The summed E-state index contributed by atoms with van der Waals surface area (Å²) in [6.45, 7) is 9.48. The average molecular weight is 361 g/mol. The van der Waals surface area contributed by atoms with E-state index in [9.17, 15) is 14.4 Å². The zero-order valence-corrected chi connectivity index (χ0v) is 16.4. The Hall–Kier alpha value is -2.41. The normalized spacial score (nSPS) is 17.2. The number of nitrogens with one attached hydrogen (secondary N) is 3. The van der Waals surface area contributed by atoms with Crippen LogP contribution in [0.1, 0.15) is 34.6 Å². The van der Waals surface area contributed by atoms with E-state index < -0.39 is 5.54 Å². The molecule has 0 radical (unpaired) electrons. The third-order valence-electron chi connectivity index (χ3n) is 4.19. The maximum Gasteiger partial charge on any atom is 0.283 e. The largest absolute Gasteiger partial charge is 0.347 e. The first-order valence-corrected chi connectivity index (χ1v) is 8.77. The smallest absolute Gasteiger partial charge is 0.283 e. The number of carbonyl (C=O) groups is 3. The van der Waals surface area contributed by atoms with E-state index in [-0.39, 0.29) is 36.3 Å². The van der Waals surface area contributed by atoms with Gasteiger partial charge in [0.05, 0.1) is 18.4 Å². The quantitative estimate of drug-likeness (QED) is 0.715. The molecule has 0 aromatic heterocycles. The van der Waals surface area contributed by atoms with Crippen LogP contribution in [0.25, 0.3) is 0 Å². The molecule has 1 aromatic rings. The monoisotopic (exact) mass is 361 g/mol. The van der Waals surface area contributed by atoms with Crippen molar-refractivity contribution in [1.82, 2.24) is 5.32 Å². The molecular weight excluding hydrogens is 332 g/mol. The summed E-state index contributed by atoms with van der Waals surface area (Å²) in [5.41, 5.74) is -0.0190. The number of anilines is 2. The van der Waals surface area contributed by atoms with Crippen molar-refractivity contribution >= 4 is 29.1 Å². The van der Waals surface area contributed by atoms with Gasteiger partial charge in [-0.3, -0.25) is 19.3 Å². The molecular formula is C19H29N4O3+. The molecule has 3 N–H and O–H groups in total. The Bertz CT molecular complexity index is 722. The first-order valence-electron chi connectivity index (χ1n) is 8.77. The van der Waals surface area contributed by atoms with E-state index in [1.165, 1.54) is 4.90 Å². The molecule has 7 nitrogen and oxygen atoms in total. The number of carbonyl (C=O) groups excluding carboxylic acids is 3. The van der Waals surface area contributed by atoms with Gasteiger partial charge in [-0.05, 0) is 46.8 Å². The highest BCUT2D eigenvalue weighted by atomic mass is 16.2. The highest BCUT2D eigenvalue weighted by molar-refractivity contribution is 6.14. The van der Waals surface area contributed by atoms with E-state index in [0.29, 0.717) is 11.4 Å². The van der Waals surface area contributed by atoms with Crippen LogP contribution in [0.4, 0.5) is 11.4 Å². The summed E-state index contributed by atoms with van der Waals surface area (Å²) in [5, 5.41) is 5.74. The number of rotatable bonds is 4. The van der Waals surface area contributed by atoms with Gasteiger partial charge in [0.1, 0.15) is 5.54 Å². The minimum Gasteiger partial charge on any atom is -0.347 e. The van der Waals surface area contributed by atoms with Gasteiger partial charge in [0, 0.05) is 5.54 Å². The van der Waals surface area contributed by atoms with Crippen LogP contribution >= 0.6 is 0 Å². The van der Waals surface area contributed by atoms with E-state index in [0.717, 1.165) is 4.90 Å². The molecule has 0 spiro atoms. The van der Waals surface area contributed by atoms with Crippen LogP contribution in [0, 0.1) is 0 Å². The molecule has 0 saturated carbocycles. The first kappa shape index (κ1) is 19.9. The predicted molar refractivity (Wildman–Crippen MR) is 101 cm³/mol. The molecule has 1 heterocycles. The minimum absolute atomic E-state index is 0.112. The fourth-order valence-electron chi connectivity index (χ4n) is 3.03. The van der Waals surface area contributed by atoms with Crippen LogP contribution in [-0.2, 0) is 14.4 Å². The van der Waals surface area contributed by atoms with Gasteiger partial charge in [0.2, 0.25) is 5.91 Å². The SMILES string of the molecule is C[NH+](CC(=O)NC(C)(C)C)CC(=O)N1c2ccccc2NC(=O)C1(C)C. The molecule has 0 aliphatic carbocycles. The molecule has 7 heteroatoms. The number of hydrogen-bond acceptors (Lipinski definition) is 3. The zero-order chi connectivity index (χ0) is 19.7. The maximum atomic E-state index is 13.0. The van der Waals surface area contributed by atoms with E-state index in [4.69, 9.17) is 0 Å². The van der Waals surface area contributed by atoms with Crippen molar-refractivity contribution < 1.29 is 19.3 Å². The molecule has 1 aliphatic heterocycles. The Morgan fingerprint density at radius 3 is 2.42 bits per heavy atom. The summed E-state index contributed by atoms with van der Waals surface area (Å²) in [7, 11) is 1.79. The molecule has 2 rings (SSSR count). The zero-order valence-electron chi connectivity index (χ0n) is 16.4. The highest BCUT2D eigenvalue weighted by Crippen LogP contribution is 2.36. The summed E-state index contributed by atoms with van der Waals surface area (Å²) in [6.07, 6.45) is 0. The lowest BCUT2D eigenvalue weighted by atomic mass is 9.96. The molecule has 0 saturated heterocycles. The number of hydrogen-bond donors (Lipinski definition) is 3. The Labute approximate surface area is 154 Å². The minimum atomic E-state index is -1.00. The van der Waals surface area contributed by atoms with Gasteiger partial charge in [0.25, 0.3) is 11.8 Å². The Balaban J connectivity index is 2.15. The summed E-state index contributed by atoms with van der Waals surface area (Å²) in [4.78, 5) is 39.8. The summed E-state index contributed by atoms with van der Waals surface area (Å²) < 4.78 is 0. The number of amides is 3. The van der Waals surface area contributed by atoms with Crippen molar-refractivity contribution in [3.8, 4) is 0 Å². The van der Waals surface area contributed by atoms with E-state index in [2.05, 4.69) is 10.6 Å². The van der Waals surface area contributed by atoms with Crippen LogP contribution in [0.15, 0.2) is 24.3 Å². The molecule has 0 bridgehead atoms. The summed E-state index contributed by atoms with van der Waals surface area (Å²) >= 11 is 0. The predicted octanol–water partition coefficient (Wildman–Crippen LogP) is 0.180. The van der Waals surface area contributed by atoms with Crippen molar-refractivity contribution in [2.45, 2.75) is 45.7 Å². The molecule has 0 fully saturated rings. The Kier molecular flexibility index (Phi) is 5.41. The number of para-hydroxylation sites is 2. The van der Waals surface area contributed by atoms with Crippen molar-refractivity contribution in [2.24, 2.45) is 0 Å². The molecule has 142 valence electrons. The van der Waals surface area contributed by atoms with E-state index in [1.54, 1.807) is 27.0 Å². The van der Waals surface area contributed by atoms with Crippen molar-refractivity contribution in [1.29, 1.82) is 0 Å². The van der Waals surface area contributed by atoms with Gasteiger partial charge in [-0.15, -0.1) is 0 Å². The molecule has 26 heavy (non-hydrogen) atoms. The Morgan fingerprint density at radius 1 is 1.19 bits per heavy atom. The number of nitrogens with zero attached hydrogens (tertiary/aromatic N) is 1. The van der Waals surface area contributed by atoms with E-state index in [1.807, 2.05) is 39.0 Å². The van der Waals surface area contributed by atoms with Crippen molar-refractivity contribution in [2.75, 3.05) is 30.4 Å². The van der Waals surface area contributed by atoms with Gasteiger partial charge < -0.3 is 15.5 Å².